The minimum atomic E-state index is -1.44. The maximum atomic E-state index is 10.4. The highest BCUT2D eigenvalue weighted by molar-refractivity contribution is 7.98. The van der Waals surface area contributed by atoms with E-state index in [-0.39, 0.29) is 6.61 Å². The van der Waals surface area contributed by atoms with Crippen LogP contribution in [0.5, 0.6) is 0 Å². The molecule has 0 aliphatic carbocycles. The first-order valence-corrected chi connectivity index (χ1v) is 10.3. The fraction of sp³-hybridized carbons (Fsp3) is 0.882. The molecule has 0 bridgehead atoms. The molecule has 5 N–H and O–H groups in total. The minimum absolute atomic E-state index is 0.289. The second kappa shape index (κ2) is 11.1. The van der Waals surface area contributed by atoms with E-state index in [1.165, 1.54) is 11.8 Å². The zero-order valence-electron chi connectivity index (χ0n) is 15.3. The highest BCUT2D eigenvalue weighted by atomic mass is 32.2. The maximum Gasteiger partial charge on any atom is 0.187 e. The topological polar surface area (TPSA) is 138 Å². The summed E-state index contributed by atoms with van der Waals surface area (Å²) in [5.41, 5.74) is 0. The number of hydrogen-bond acceptors (Lipinski definition) is 10. The second-order valence-electron chi connectivity index (χ2n) is 6.59. The average molecular weight is 410 g/mol. The van der Waals surface area contributed by atoms with Crippen molar-refractivity contribution in [3.05, 3.63) is 12.7 Å². The van der Waals surface area contributed by atoms with E-state index in [2.05, 4.69) is 6.58 Å². The fourth-order valence-electron chi connectivity index (χ4n) is 3.07. The van der Waals surface area contributed by atoms with Gasteiger partial charge in [0.25, 0.3) is 0 Å². The van der Waals surface area contributed by atoms with Crippen molar-refractivity contribution in [2.24, 2.45) is 0 Å². The van der Waals surface area contributed by atoms with E-state index >= 15 is 0 Å². The fourth-order valence-corrected chi connectivity index (χ4v) is 3.67. The number of aliphatic hydroxyl groups excluding tert-OH is 5. The lowest BCUT2D eigenvalue weighted by Crippen LogP contribution is -2.61. The highest BCUT2D eigenvalue weighted by Crippen LogP contribution is 2.30. The molecule has 2 aliphatic heterocycles. The van der Waals surface area contributed by atoms with Crippen molar-refractivity contribution < 1.29 is 44.5 Å². The van der Waals surface area contributed by atoms with E-state index < -0.39 is 61.9 Å². The number of hydrogen-bond donors (Lipinski definition) is 5. The van der Waals surface area contributed by atoms with Crippen molar-refractivity contribution >= 4 is 11.8 Å². The molecule has 0 spiro atoms. The monoisotopic (exact) mass is 410 g/mol. The van der Waals surface area contributed by atoms with Crippen LogP contribution in [0.3, 0.4) is 0 Å². The summed E-state index contributed by atoms with van der Waals surface area (Å²) in [4.78, 5) is 0. The lowest BCUT2D eigenvalue weighted by atomic mass is 9.99. The van der Waals surface area contributed by atoms with Gasteiger partial charge in [0.1, 0.15) is 36.6 Å². The standard InChI is InChI=1S/C17H30O9S/c1-3-4-5-6-23-16-14(22)12(20)15(9(7-18)24-16)26-17-13(21)11(19)10(25-17)8-27-2/h3,9-22H,1,4-8H2,2H3/t9-,10-,11+,12-,13-,14+,15-,16+,17+/m1/s1. The van der Waals surface area contributed by atoms with Gasteiger partial charge in [-0.3, -0.25) is 0 Å². The molecule has 0 aromatic heterocycles. The molecule has 2 fully saturated rings. The van der Waals surface area contributed by atoms with Crippen LogP contribution in [0.1, 0.15) is 12.8 Å². The van der Waals surface area contributed by atoms with E-state index in [4.69, 9.17) is 18.9 Å². The molecule has 9 nitrogen and oxygen atoms in total. The Balaban J connectivity index is 1.97. The number of rotatable bonds is 10. The third kappa shape index (κ3) is 5.63. The molecule has 0 unspecified atom stereocenters. The normalized spacial score (nSPS) is 42.4. The van der Waals surface area contributed by atoms with Crippen molar-refractivity contribution in [1.82, 2.24) is 0 Å². The quantitative estimate of drug-likeness (QED) is 0.216. The van der Waals surface area contributed by atoms with Gasteiger partial charge < -0.3 is 44.5 Å². The summed E-state index contributed by atoms with van der Waals surface area (Å²) in [5.74, 6) is 0.453. The molecule has 9 atom stereocenters. The van der Waals surface area contributed by atoms with Gasteiger partial charge in [-0.15, -0.1) is 6.58 Å². The van der Waals surface area contributed by atoms with Gasteiger partial charge in [-0.1, -0.05) is 6.08 Å². The summed E-state index contributed by atoms with van der Waals surface area (Å²) in [5, 5.41) is 50.4. The molecule has 0 saturated carbocycles. The molecular formula is C17H30O9S. The van der Waals surface area contributed by atoms with Gasteiger partial charge in [0.2, 0.25) is 0 Å². The molecule has 0 aromatic rings. The molecule has 2 saturated heterocycles. The summed E-state index contributed by atoms with van der Waals surface area (Å²) < 4.78 is 22.1. The first-order valence-electron chi connectivity index (χ1n) is 8.95. The predicted molar refractivity (Wildman–Crippen MR) is 97.1 cm³/mol. The van der Waals surface area contributed by atoms with E-state index in [1.54, 1.807) is 6.08 Å². The van der Waals surface area contributed by atoms with Gasteiger partial charge in [0.05, 0.1) is 19.3 Å². The van der Waals surface area contributed by atoms with Crippen LogP contribution in [0.4, 0.5) is 0 Å². The van der Waals surface area contributed by atoms with Crippen LogP contribution >= 0.6 is 11.8 Å². The minimum Gasteiger partial charge on any atom is -0.394 e. The summed E-state index contributed by atoms with van der Waals surface area (Å²) in [6.45, 7) is 3.40. The van der Waals surface area contributed by atoms with Gasteiger partial charge in [0.15, 0.2) is 12.6 Å². The van der Waals surface area contributed by atoms with Crippen molar-refractivity contribution in [1.29, 1.82) is 0 Å². The summed E-state index contributed by atoms with van der Waals surface area (Å²) in [6, 6.07) is 0. The molecular weight excluding hydrogens is 380 g/mol. The SMILES string of the molecule is C=CCCCO[C@H]1O[C@H](CO)[C@@H](O[C@@H]2O[C@H](CSC)[C@H](O)[C@H]2O)[C@H](O)[C@@H]1O. The number of thioether (sulfide) groups is 1. The molecule has 2 heterocycles. The van der Waals surface area contributed by atoms with Crippen LogP contribution < -0.4 is 0 Å². The largest absolute Gasteiger partial charge is 0.394 e. The van der Waals surface area contributed by atoms with Crippen LogP contribution in [0.15, 0.2) is 12.7 Å². The molecule has 2 rings (SSSR count). The van der Waals surface area contributed by atoms with Crippen LogP contribution in [-0.4, -0.2) is 106 Å². The van der Waals surface area contributed by atoms with E-state index in [0.717, 1.165) is 6.42 Å². The Hall–Kier alpha value is -0.270. The molecule has 0 amide bonds. The van der Waals surface area contributed by atoms with E-state index in [0.29, 0.717) is 12.2 Å². The lowest BCUT2D eigenvalue weighted by Gasteiger charge is -2.42. The van der Waals surface area contributed by atoms with Crippen LogP contribution in [0.25, 0.3) is 0 Å². The molecule has 10 heteroatoms. The third-order valence-corrected chi connectivity index (χ3v) is 5.26. The number of aliphatic hydroxyl groups is 5. The lowest BCUT2D eigenvalue weighted by molar-refractivity contribution is -0.329. The first-order chi connectivity index (χ1) is 12.9. The Morgan fingerprint density at radius 2 is 1.67 bits per heavy atom. The summed E-state index contributed by atoms with van der Waals surface area (Å²) >= 11 is 1.44. The summed E-state index contributed by atoms with van der Waals surface area (Å²) in [7, 11) is 0. The Morgan fingerprint density at radius 1 is 1.00 bits per heavy atom. The molecule has 0 radical (unpaired) electrons. The van der Waals surface area contributed by atoms with Gasteiger partial charge in [-0.05, 0) is 19.1 Å². The Bertz CT molecular complexity index is 452. The van der Waals surface area contributed by atoms with Crippen molar-refractivity contribution in [2.75, 3.05) is 25.2 Å². The summed E-state index contributed by atoms with van der Waals surface area (Å²) in [6.07, 6.45) is -5.45. The zero-order valence-corrected chi connectivity index (χ0v) is 16.1. The van der Waals surface area contributed by atoms with Crippen LogP contribution in [-0.2, 0) is 18.9 Å². The average Bonchev–Trinajstić information content (AvgIpc) is 2.92. The van der Waals surface area contributed by atoms with Gasteiger partial charge in [0, 0.05) is 5.75 Å². The Morgan fingerprint density at radius 3 is 2.30 bits per heavy atom. The molecule has 0 aromatic carbocycles. The van der Waals surface area contributed by atoms with Crippen molar-refractivity contribution in [2.45, 2.75) is 68.1 Å². The van der Waals surface area contributed by atoms with Crippen molar-refractivity contribution in [3.63, 3.8) is 0 Å². The first kappa shape index (κ1) is 23.0. The van der Waals surface area contributed by atoms with E-state index in [1.807, 2.05) is 6.26 Å². The smallest absolute Gasteiger partial charge is 0.187 e. The van der Waals surface area contributed by atoms with E-state index in [9.17, 15) is 25.5 Å². The predicted octanol–water partition coefficient (Wildman–Crippen LogP) is -1.40. The second-order valence-corrected chi connectivity index (χ2v) is 7.50. The number of ether oxygens (including phenoxy) is 4. The highest BCUT2D eigenvalue weighted by Gasteiger charge is 2.50. The van der Waals surface area contributed by atoms with Gasteiger partial charge in [-0.25, -0.2) is 0 Å². The third-order valence-electron chi connectivity index (χ3n) is 4.60. The van der Waals surface area contributed by atoms with Crippen LogP contribution in [0, 0.1) is 0 Å². The molecule has 158 valence electrons. The van der Waals surface area contributed by atoms with Crippen molar-refractivity contribution in [3.8, 4) is 0 Å². The number of allylic oxidation sites excluding steroid dienone is 1. The van der Waals surface area contributed by atoms with Crippen LogP contribution in [0.2, 0.25) is 0 Å². The number of unbranched alkanes of at least 4 members (excludes halogenated alkanes) is 1. The zero-order chi connectivity index (χ0) is 20.0. The van der Waals surface area contributed by atoms with Gasteiger partial charge in [-0.2, -0.15) is 11.8 Å². The molecule has 2 aliphatic rings. The maximum absolute atomic E-state index is 10.4. The van der Waals surface area contributed by atoms with Gasteiger partial charge >= 0.3 is 0 Å². The molecule has 27 heavy (non-hydrogen) atoms. The Kier molecular flexibility index (Phi) is 9.42. The Labute approximate surface area is 162 Å².